The highest BCUT2D eigenvalue weighted by Gasteiger charge is 2.50. The zero-order chi connectivity index (χ0) is 16.9. The molecule has 0 amide bonds. The molecule has 0 spiro atoms. The van der Waals surface area contributed by atoms with Crippen LogP contribution in [0.25, 0.3) is 0 Å². The summed E-state index contributed by atoms with van der Waals surface area (Å²) in [5.41, 5.74) is 8.71. The molecule has 1 heteroatoms. The van der Waals surface area contributed by atoms with Gasteiger partial charge in [-0.25, -0.2) is 0 Å². The van der Waals surface area contributed by atoms with Crippen LogP contribution < -0.4 is 0 Å². The van der Waals surface area contributed by atoms with Gasteiger partial charge in [0, 0.05) is 17.9 Å². The first-order valence-corrected chi connectivity index (χ1v) is 9.27. The van der Waals surface area contributed by atoms with E-state index >= 15 is 0 Å². The Balaban J connectivity index is 1.85. The van der Waals surface area contributed by atoms with Crippen molar-refractivity contribution in [3.63, 3.8) is 0 Å². The molecule has 0 atom stereocenters. The highest BCUT2D eigenvalue weighted by Crippen LogP contribution is 2.60. The first-order valence-electron chi connectivity index (χ1n) is 9.27. The van der Waals surface area contributed by atoms with Gasteiger partial charge in [-0.1, -0.05) is 72.8 Å². The molecule has 3 aliphatic rings. The lowest BCUT2D eigenvalue weighted by atomic mass is 9.51. The second-order valence-corrected chi connectivity index (χ2v) is 7.28. The van der Waals surface area contributed by atoms with Crippen LogP contribution in [0, 0.1) is 0 Å². The second-order valence-electron chi connectivity index (χ2n) is 7.28. The van der Waals surface area contributed by atoms with E-state index in [4.69, 9.17) is 0 Å². The molecule has 3 aliphatic carbocycles. The fraction of sp³-hybridized carbons (Fsp3) is 0.250. The Hall–Kier alpha value is -2.38. The summed E-state index contributed by atoms with van der Waals surface area (Å²) in [6.45, 7) is 0.268. The van der Waals surface area contributed by atoms with Gasteiger partial charge in [0.15, 0.2) is 0 Å². The fourth-order valence-corrected chi connectivity index (χ4v) is 5.26. The summed E-state index contributed by atoms with van der Waals surface area (Å²) in [7, 11) is 0. The number of aliphatic hydroxyl groups excluding tert-OH is 1. The highest BCUT2D eigenvalue weighted by molar-refractivity contribution is 5.71. The van der Waals surface area contributed by atoms with Crippen molar-refractivity contribution < 1.29 is 5.11 Å². The van der Waals surface area contributed by atoms with Crippen molar-refractivity contribution in [2.75, 3.05) is 6.61 Å². The number of aliphatic hydroxyl groups is 1. The van der Waals surface area contributed by atoms with E-state index in [1.54, 1.807) is 0 Å². The first kappa shape index (κ1) is 14.9. The Morgan fingerprint density at radius 2 is 1.08 bits per heavy atom. The van der Waals surface area contributed by atoms with Gasteiger partial charge in [-0.3, -0.25) is 0 Å². The SMILES string of the molecule is OCCCCC12c3ccccc3C(c3ccccc31)c1ccccc12. The van der Waals surface area contributed by atoms with E-state index in [-0.39, 0.29) is 12.0 Å². The van der Waals surface area contributed by atoms with Crippen LogP contribution >= 0.6 is 0 Å². The van der Waals surface area contributed by atoms with Gasteiger partial charge in [0.1, 0.15) is 0 Å². The van der Waals surface area contributed by atoms with Crippen molar-refractivity contribution in [3.8, 4) is 0 Å². The lowest BCUT2D eigenvalue weighted by Gasteiger charge is -2.51. The molecule has 25 heavy (non-hydrogen) atoms. The van der Waals surface area contributed by atoms with Crippen molar-refractivity contribution >= 4 is 0 Å². The summed E-state index contributed by atoms with van der Waals surface area (Å²) < 4.78 is 0. The zero-order valence-corrected chi connectivity index (χ0v) is 14.3. The molecule has 3 aromatic carbocycles. The van der Waals surface area contributed by atoms with Gasteiger partial charge in [-0.05, 0) is 52.6 Å². The van der Waals surface area contributed by atoms with Gasteiger partial charge in [0.25, 0.3) is 0 Å². The molecule has 3 aromatic rings. The van der Waals surface area contributed by atoms with Crippen LogP contribution in [-0.4, -0.2) is 11.7 Å². The fourth-order valence-electron chi connectivity index (χ4n) is 5.26. The van der Waals surface area contributed by atoms with Gasteiger partial charge >= 0.3 is 0 Å². The highest BCUT2D eigenvalue weighted by atomic mass is 16.2. The molecule has 124 valence electrons. The van der Waals surface area contributed by atoms with Crippen molar-refractivity contribution in [3.05, 3.63) is 106 Å². The van der Waals surface area contributed by atoms with Crippen LogP contribution in [0.4, 0.5) is 0 Å². The lowest BCUT2D eigenvalue weighted by Crippen LogP contribution is -2.42. The molecular formula is C24H22O. The van der Waals surface area contributed by atoms with Crippen molar-refractivity contribution in [2.45, 2.75) is 30.6 Å². The van der Waals surface area contributed by atoms with Crippen molar-refractivity contribution in [2.24, 2.45) is 0 Å². The van der Waals surface area contributed by atoms with Gasteiger partial charge in [-0.15, -0.1) is 0 Å². The molecule has 0 fully saturated rings. The van der Waals surface area contributed by atoms with E-state index in [0.717, 1.165) is 19.3 Å². The molecule has 6 rings (SSSR count). The number of hydrogen-bond acceptors (Lipinski definition) is 1. The molecule has 0 saturated heterocycles. The van der Waals surface area contributed by atoms with Crippen LogP contribution in [0.5, 0.6) is 0 Å². The second kappa shape index (κ2) is 5.57. The molecule has 1 nitrogen and oxygen atoms in total. The van der Waals surface area contributed by atoms with Crippen molar-refractivity contribution in [1.29, 1.82) is 0 Å². The maximum atomic E-state index is 9.35. The monoisotopic (exact) mass is 326 g/mol. The smallest absolute Gasteiger partial charge is 0.0460 e. The number of unbranched alkanes of at least 4 members (excludes halogenated alkanes) is 1. The Morgan fingerprint density at radius 3 is 1.52 bits per heavy atom. The van der Waals surface area contributed by atoms with E-state index in [9.17, 15) is 5.11 Å². The molecule has 0 heterocycles. The average Bonchev–Trinajstić information content (AvgIpc) is 2.68. The van der Waals surface area contributed by atoms with Gasteiger partial charge in [0.2, 0.25) is 0 Å². The summed E-state index contributed by atoms with van der Waals surface area (Å²) >= 11 is 0. The van der Waals surface area contributed by atoms with Gasteiger partial charge in [0.05, 0.1) is 0 Å². The topological polar surface area (TPSA) is 20.2 Å². The van der Waals surface area contributed by atoms with E-state index in [2.05, 4.69) is 72.8 Å². The molecule has 1 N–H and O–H groups in total. The van der Waals surface area contributed by atoms with E-state index in [1.807, 2.05) is 0 Å². The first-order chi connectivity index (χ1) is 12.4. The largest absolute Gasteiger partial charge is 0.396 e. The summed E-state index contributed by atoms with van der Waals surface area (Å²) in [5.74, 6) is 0.350. The van der Waals surface area contributed by atoms with Crippen LogP contribution in [0.3, 0.4) is 0 Å². The van der Waals surface area contributed by atoms with Gasteiger partial charge < -0.3 is 5.11 Å². The average molecular weight is 326 g/mol. The summed E-state index contributed by atoms with van der Waals surface area (Å²) in [4.78, 5) is 0. The molecule has 0 saturated carbocycles. The molecule has 0 radical (unpaired) electrons. The molecule has 2 bridgehead atoms. The molecule has 0 aliphatic heterocycles. The van der Waals surface area contributed by atoms with Crippen LogP contribution in [0.1, 0.15) is 58.6 Å². The zero-order valence-electron chi connectivity index (χ0n) is 14.3. The number of rotatable bonds is 4. The van der Waals surface area contributed by atoms with Crippen LogP contribution in [0.2, 0.25) is 0 Å². The Labute approximate surface area is 149 Å². The predicted octanol–water partition coefficient (Wildman–Crippen LogP) is 4.99. The third kappa shape index (κ3) is 1.88. The third-order valence-electron chi connectivity index (χ3n) is 6.15. The van der Waals surface area contributed by atoms with E-state index < -0.39 is 0 Å². The quantitative estimate of drug-likeness (QED) is 0.670. The predicted molar refractivity (Wildman–Crippen MR) is 101 cm³/mol. The van der Waals surface area contributed by atoms with Crippen molar-refractivity contribution in [1.82, 2.24) is 0 Å². The van der Waals surface area contributed by atoms with E-state index in [1.165, 1.54) is 33.4 Å². The maximum Gasteiger partial charge on any atom is 0.0460 e. The van der Waals surface area contributed by atoms with E-state index in [0.29, 0.717) is 5.92 Å². The molecular weight excluding hydrogens is 304 g/mol. The summed E-state index contributed by atoms with van der Waals surface area (Å²) in [6, 6.07) is 27.0. The Bertz CT molecular complexity index is 824. The standard InChI is InChI=1S/C24H22O/c25-16-8-7-15-24-20-12-4-1-9-17(20)23(18-10-2-5-13-21(18)24)19-11-3-6-14-22(19)24/h1-6,9-14,23,25H,7-8,15-16H2. The minimum absolute atomic E-state index is 0.0757. The number of hydrogen-bond donors (Lipinski definition) is 1. The minimum Gasteiger partial charge on any atom is -0.396 e. The van der Waals surface area contributed by atoms with Gasteiger partial charge in [-0.2, -0.15) is 0 Å². The normalized spacial score (nSPS) is 22.2. The molecule has 0 unspecified atom stereocenters. The third-order valence-corrected chi connectivity index (χ3v) is 6.15. The maximum absolute atomic E-state index is 9.35. The number of benzene rings is 3. The minimum atomic E-state index is -0.0757. The van der Waals surface area contributed by atoms with Crippen LogP contribution in [0.15, 0.2) is 72.8 Å². The lowest BCUT2D eigenvalue weighted by molar-refractivity contribution is 0.278. The molecule has 0 aromatic heterocycles. The Morgan fingerprint density at radius 1 is 0.640 bits per heavy atom. The van der Waals surface area contributed by atoms with Crippen LogP contribution in [-0.2, 0) is 5.41 Å². The Kier molecular flexibility index (Phi) is 3.33. The summed E-state index contributed by atoms with van der Waals surface area (Å²) in [6.07, 6.45) is 2.93. The summed E-state index contributed by atoms with van der Waals surface area (Å²) in [5, 5.41) is 9.35.